The Morgan fingerprint density at radius 1 is 1.19 bits per heavy atom. The molecule has 16 heavy (non-hydrogen) atoms. The molecule has 4 heteroatoms. The van der Waals surface area contributed by atoms with Crippen LogP contribution < -0.4 is 5.32 Å². The largest absolute Gasteiger partial charge is 0.381 e. The van der Waals surface area contributed by atoms with E-state index in [1.807, 2.05) is 22.6 Å². The Kier molecular flexibility index (Phi) is 11.8. The summed E-state index contributed by atoms with van der Waals surface area (Å²) in [6.45, 7) is 2.57. The van der Waals surface area contributed by atoms with Gasteiger partial charge < -0.3 is 10.4 Å². The first-order chi connectivity index (χ1) is 7.66. The minimum Gasteiger partial charge on any atom is -0.381 e. The van der Waals surface area contributed by atoms with Crippen molar-refractivity contribution in [3.05, 3.63) is 0 Å². The highest BCUT2D eigenvalue weighted by atomic mass is 127. The van der Waals surface area contributed by atoms with E-state index in [1.54, 1.807) is 0 Å². The number of hydrogen-bond donors (Lipinski definition) is 2. The second-order valence-electron chi connectivity index (χ2n) is 4.11. The fraction of sp³-hybridized carbons (Fsp3) is 0.917. The van der Waals surface area contributed by atoms with Gasteiger partial charge in [0.1, 0.15) is 4.11 Å². The third-order valence-corrected chi connectivity index (χ3v) is 2.92. The van der Waals surface area contributed by atoms with Crippen molar-refractivity contribution in [3.8, 4) is 0 Å². The molecule has 0 radical (unpaired) electrons. The number of carbonyl (C=O) groups excluding carboxylic acids is 1. The number of aliphatic hydroxyl groups is 1. The summed E-state index contributed by atoms with van der Waals surface area (Å²) in [5, 5.41) is 11.7. The van der Waals surface area contributed by atoms with Crippen molar-refractivity contribution in [2.75, 3.05) is 6.54 Å². The summed E-state index contributed by atoms with van der Waals surface area (Å²) in [4.78, 5) is 11.3. The van der Waals surface area contributed by atoms with E-state index in [4.69, 9.17) is 5.11 Å². The molecular formula is C12H24INO2. The van der Waals surface area contributed by atoms with Gasteiger partial charge in [-0.25, -0.2) is 0 Å². The van der Waals surface area contributed by atoms with Crippen LogP contribution in [0.2, 0.25) is 0 Å². The normalized spacial score (nSPS) is 12.4. The van der Waals surface area contributed by atoms with E-state index < -0.39 is 4.11 Å². The summed E-state index contributed by atoms with van der Waals surface area (Å²) >= 11 is 1.88. The van der Waals surface area contributed by atoms with Crippen LogP contribution in [0.4, 0.5) is 0 Å². The third kappa shape index (κ3) is 12.2. The lowest BCUT2D eigenvalue weighted by Gasteiger charge is -2.05. The first-order valence-electron chi connectivity index (χ1n) is 6.25. The van der Waals surface area contributed by atoms with Crippen molar-refractivity contribution in [3.63, 3.8) is 0 Å². The number of unbranched alkanes of at least 4 members (excludes halogenated alkanes) is 6. The molecule has 0 saturated carbocycles. The number of alkyl halides is 1. The average Bonchev–Trinajstić information content (AvgIpc) is 2.25. The molecule has 2 N–H and O–H groups in total. The Bertz CT molecular complexity index is 174. The molecule has 0 rings (SSSR count). The summed E-state index contributed by atoms with van der Waals surface area (Å²) in [7, 11) is 0. The lowest BCUT2D eigenvalue weighted by Crippen LogP contribution is -2.28. The highest BCUT2D eigenvalue weighted by Crippen LogP contribution is 2.08. The van der Waals surface area contributed by atoms with Crippen LogP contribution in [0, 0.1) is 0 Å². The Morgan fingerprint density at radius 2 is 1.75 bits per heavy atom. The predicted octanol–water partition coefficient (Wildman–Crippen LogP) is 3.00. The molecule has 0 aliphatic heterocycles. The molecule has 0 heterocycles. The number of aliphatic hydroxyl groups excluding tert-OH is 1. The Labute approximate surface area is 113 Å². The molecule has 0 aliphatic carbocycles. The van der Waals surface area contributed by atoms with Crippen LogP contribution in [0.1, 0.15) is 58.3 Å². The van der Waals surface area contributed by atoms with Gasteiger partial charge in [0.05, 0.1) is 6.54 Å². The maximum atomic E-state index is 11.3. The highest BCUT2D eigenvalue weighted by Gasteiger charge is 2.02. The molecule has 3 nitrogen and oxygen atoms in total. The quantitative estimate of drug-likeness (QED) is 0.365. The smallest absolute Gasteiger partial charge is 0.220 e. The third-order valence-electron chi connectivity index (χ3n) is 2.48. The number of hydrogen-bond acceptors (Lipinski definition) is 2. The Morgan fingerprint density at radius 3 is 2.31 bits per heavy atom. The lowest BCUT2D eigenvalue weighted by molar-refractivity contribution is -0.121. The molecular weight excluding hydrogens is 317 g/mol. The van der Waals surface area contributed by atoms with E-state index in [9.17, 15) is 4.79 Å². The number of rotatable bonds is 10. The zero-order valence-electron chi connectivity index (χ0n) is 10.2. The number of halogens is 1. The second kappa shape index (κ2) is 11.6. The standard InChI is InChI=1S/C12H24INO2/c1-2-3-4-5-6-7-8-9-12(16)14-10-11(13)15/h11,15H,2-10H2,1H3,(H,14,16). The monoisotopic (exact) mass is 341 g/mol. The van der Waals surface area contributed by atoms with Crippen LogP contribution in [-0.2, 0) is 4.79 Å². The van der Waals surface area contributed by atoms with E-state index in [2.05, 4.69) is 12.2 Å². The van der Waals surface area contributed by atoms with Crippen molar-refractivity contribution in [2.45, 2.75) is 62.4 Å². The van der Waals surface area contributed by atoms with Crippen LogP contribution in [0.3, 0.4) is 0 Å². The summed E-state index contributed by atoms with van der Waals surface area (Å²) in [6, 6.07) is 0. The molecule has 1 amide bonds. The molecule has 0 spiro atoms. The summed E-state index contributed by atoms with van der Waals surface area (Å²) < 4.78 is -0.476. The topological polar surface area (TPSA) is 49.3 Å². The molecule has 1 atom stereocenters. The zero-order valence-corrected chi connectivity index (χ0v) is 12.3. The average molecular weight is 341 g/mol. The molecule has 1 unspecified atom stereocenters. The summed E-state index contributed by atoms with van der Waals surface area (Å²) in [6.07, 6.45) is 9.17. The maximum Gasteiger partial charge on any atom is 0.220 e. The van der Waals surface area contributed by atoms with Crippen molar-refractivity contribution < 1.29 is 9.90 Å². The van der Waals surface area contributed by atoms with Crippen molar-refractivity contribution in [1.29, 1.82) is 0 Å². The van der Waals surface area contributed by atoms with Crippen LogP contribution in [0.25, 0.3) is 0 Å². The first kappa shape index (κ1) is 16.2. The maximum absolute atomic E-state index is 11.3. The fourth-order valence-corrected chi connectivity index (χ4v) is 1.75. The van der Waals surface area contributed by atoms with Gasteiger partial charge >= 0.3 is 0 Å². The lowest BCUT2D eigenvalue weighted by atomic mass is 10.1. The van der Waals surface area contributed by atoms with Gasteiger partial charge in [0.25, 0.3) is 0 Å². The minimum atomic E-state index is -0.476. The van der Waals surface area contributed by atoms with Gasteiger partial charge in [-0.2, -0.15) is 0 Å². The molecule has 0 aliphatic rings. The summed E-state index contributed by atoms with van der Waals surface area (Å²) in [5.41, 5.74) is 0. The second-order valence-corrected chi connectivity index (χ2v) is 5.55. The van der Waals surface area contributed by atoms with E-state index in [0.29, 0.717) is 13.0 Å². The zero-order chi connectivity index (χ0) is 12.2. The minimum absolute atomic E-state index is 0.0595. The first-order valence-corrected chi connectivity index (χ1v) is 7.50. The van der Waals surface area contributed by atoms with Gasteiger partial charge in [-0.15, -0.1) is 0 Å². The Balaban J connectivity index is 3.15. The molecule has 0 saturated heterocycles. The van der Waals surface area contributed by atoms with Crippen LogP contribution in [0.15, 0.2) is 0 Å². The van der Waals surface area contributed by atoms with Crippen LogP contribution >= 0.6 is 22.6 Å². The highest BCUT2D eigenvalue weighted by molar-refractivity contribution is 14.1. The van der Waals surface area contributed by atoms with Gasteiger partial charge in [-0.3, -0.25) is 4.79 Å². The fourth-order valence-electron chi connectivity index (χ4n) is 1.53. The van der Waals surface area contributed by atoms with Gasteiger partial charge in [-0.05, 0) is 29.0 Å². The van der Waals surface area contributed by atoms with Gasteiger partial charge in [0, 0.05) is 6.42 Å². The van der Waals surface area contributed by atoms with E-state index in [-0.39, 0.29) is 5.91 Å². The van der Waals surface area contributed by atoms with Crippen LogP contribution in [0.5, 0.6) is 0 Å². The molecule has 0 aromatic heterocycles. The number of amides is 1. The van der Waals surface area contributed by atoms with E-state index in [1.165, 1.54) is 32.1 Å². The van der Waals surface area contributed by atoms with Gasteiger partial charge in [0.2, 0.25) is 5.91 Å². The van der Waals surface area contributed by atoms with Crippen molar-refractivity contribution >= 4 is 28.5 Å². The SMILES string of the molecule is CCCCCCCCCC(=O)NCC(O)I. The molecule has 96 valence electrons. The Hall–Kier alpha value is 0.160. The van der Waals surface area contributed by atoms with Crippen molar-refractivity contribution in [1.82, 2.24) is 5.32 Å². The van der Waals surface area contributed by atoms with Crippen molar-refractivity contribution in [2.24, 2.45) is 0 Å². The molecule has 0 bridgehead atoms. The van der Waals surface area contributed by atoms with Gasteiger partial charge in [0.15, 0.2) is 0 Å². The predicted molar refractivity (Wildman–Crippen MR) is 75.6 cm³/mol. The summed E-state index contributed by atoms with van der Waals surface area (Å²) in [5.74, 6) is 0.0595. The van der Waals surface area contributed by atoms with Crippen LogP contribution in [-0.4, -0.2) is 21.7 Å². The van der Waals surface area contributed by atoms with Gasteiger partial charge in [-0.1, -0.05) is 45.4 Å². The molecule has 0 aromatic rings. The van der Waals surface area contributed by atoms with E-state index in [0.717, 1.165) is 12.8 Å². The molecule has 0 aromatic carbocycles. The number of carbonyl (C=O) groups is 1. The number of nitrogens with one attached hydrogen (secondary N) is 1. The molecule has 0 fully saturated rings. The van der Waals surface area contributed by atoms with E-state index >= 15 is 0 Å².